The Morgan fingerprint density at radius 2 is 2.05 bits per heavy atom. The number of ether oxygens (including phenoxy) is 1. The molecule has 2 rings (SSSR count). The summed E-state index contributed by atoms with van der Waals surface area (Å²) in [6, 6.07) is 10.9. The smallest absolute Gasteiger partial charge is 0.411 e. The molecule has 5 nitrogen and oxygen atoms in total. The lowest BCUT2D eigenvalue weighted by Gasteiger charge is -2.08. The van der Waals surface area contributed by atoms with Gasteiger partial charge < -0.3 is 4.74 Å². The fraction of sp³-hybridized carbons (Fsp3) is 0.0714. The van der Waals surface area contributed by atoms with Gasteiger partial charge >= 0.3 is 6.09 Å². The third-order valence-corrected chi connectivity index (χ3v) is 2.43. The van der Waals surface area contributed by atoms with Crippen LogP contribution in [-0.2, 0) is 11.3 Å². The molecule has 0 spiro atoms. The summed E-state index contributed by atoms with van der Waals surface area (Å²) in [5.41, 5.74) is 1.57. The number of nitrogens with one attached hydrogen (secondary N) is 1. The predicted molar refractivity (Wildman–Crippen MR) is 69.9 cm³/mol. The van der Waals surface area contributed by atoms with E-state index in [4.69, 9.17) is 4.74 Å². The van der Waals surface area contributed by atoms with Crippen molar-refractivity contribution in [2.24, 2.45) is 0 Å². The topological polar surface area (TPSA) is 68.3 Å². The molecule has 0 fully saturated rings. The maximum absolute atomic E-state index is 11.6. The lowest BCUT2D eigenvalue weighted by molar-refractivity contribution is 0.112. The summed E-state index contributed by atoms with van der Waals surface area (Å²) in [6.45, 7) is 0.175. The Morgan fingerprint density at radius 3 is 2.79 bits per heavy atom. The summed E-state index contributed by atoms with van der Waals surface area (Å²) in [5, 5.41) is 2.50. The van der Waals surface area contributed by atoms with Crippen LogP contribution in [0.4, 0.5) is 10.5 Å². The highest BCUT2D eigenvalue weighted by molar-refractivity contribution is 5.92. The standard InChI is InChI=1S/C14H12N2O3/c17-9-12-8-15-7-6-13(12)16-14(18)19-10-11-4-2-1-3-5-11/h1-9H,10H2,(H,15,16,18). The summed E-state index contributed by atoms with van der Waals surface area (Å²) in [4.78, 5) is 26.1. The molecule has 19 heavy (non-hydrogen) atoms. The largest absolute Gasteiger partial charge is 0.444 e. The van der Waals surface area contributed by atoms with Crippen LogP contribution in [0.3, 0.4) is 0 Å². The van der Waals surface area contributed by atoms with E-state index in [1.54, 1.807) is 0 Å². The molecule has 1 heterocycles. The van der Waals surface area contributed by atoms with E-state index in [0.717, 1.165) is 5.56 Å². The number of rotatable bonds is 4. The van der Waals surface area contributed by atoms with E-state index in [9.17, 15) is 9.59 Å². The molecule has 2 aromatic rings. The van der Waals surface area contributed by atoms with Crippen LogP contribution in [0.1, 0.15) is 15.9 Å². The van der Waals surface area contributed by atoms with Crippen LogP contribution in [0.5, 0.6) is 0 Å². The molecule has 0 unspecified atom stereocenters. The summed E-state index contributed by atoms with van der Waals surface area (Å²) in [6.07, 6.45) is 2.87. The van der Waals surface area contributed by atoms with Gasteiger partial charge in [0.15, 0.2) is 6.29 Å². The molecule has 1 N–H and O–H groups in total. The lowest BCUT2D eigenvalue weighted by atomic mass is 10.2. The summed E-state index contributed by atoms with van der Waals surface area (Å²) in [7, 11) is 0. The van der Waals surface area contributed by atoms with E-state index in [1.807, 2.05) is 30.3 Å². The number of aldehydes is 1. The zero-order valence-corrected chi connectivity index (χ0v) is 10.1. The fourth-order valence-electron chi connectivity index (χ4n) is 1.48. The average Bonchev–Trinajstić information content (AvgIpc) is 2.47. The van der Waals surface area contributed by atoms with E-state index in [-0.39, 0.29) is 6.61 Å². The minimum absolute atomic E-state index is 0.175. The molecule has 0 radical (unpaired) electrons. The van der Waals surface area contributed by atoms with Gasteiger partial charge in [-0.2, -0.15) is 0 Å². The zero-order valence-electron chi connectivity index (χ0n) is 10.1. The van der Waals surface area contributed by atoms with Crippen molar-refractivity contribution in [3.05, 3.63) is 59.9 Å². The van der Waals surface area contributed by atoms with Crippen molar-refractivity contribution in [3.8, 4) is 0 Å². The Hall–Kier alpha value is -2.69. The molecule has 0 aliphatic heterocycles. The normalized spacial score (nSPS) is 9.68. The molecular weight excluding hydrogens is 244 g/mol. The highest BCUT2D eigenvalue weighted by atomic mass is 16.5. The van der Waals surface area contributed by atoms with Crippen molar-refractivity contribution in [3.63, 3.8) is 0 Å². The first-order chi connectivity index (χ1) is 9.29. The van der Waals surface area contributed by atoms with Crippen LogP contribution in [0, 0.1) is 0 Å². The number of pyridine rings is 1. The summed E-state index contributed by atoms with van der Waals surface area (Å²) < 4.78 is 5.05. The first-order valence-electron chi connectivity index (χ1n) is 5.66. The van der Waals surface area contributed by atoms with Crippen molar-refractivity contribution >= 4 is 18.1 Å². The molecule has 1 amide bonds. The van der Waals surface area contributed by atoms with E-state index < -0.39 is 6.09 Å². The van der Waals surface area contributed by atoms with Crippen LogP contribution in [0.2, 0.25) is 0 Å². The van der Waals surface area contributed by atoms with Gasteiger partial charge in [-0.3, -0.25) is 15.1 Å². The van der Waals surface area contributed by atoms with Crippen molar-refractivity contribution in [1.82, 2.24) is 4.98 Å². The quantitative estimate of drug-likeness (QED) is 0.854. The van der Waals surface area contributed by atoms with Crippen LogP contribution < -0.4 is 5.32 Å². The monoisotopic (exact) mass is 256 g/mol. The predicted octanol–water partition coefficient (Wildman–Crippen LogP) is 2.64. The van der Waals surface area contributed by atoms with Crippen LogP contribution in [-0.4, -0.2) is 17.4 Å². The summed E-state index contributed by atoms with van der Waals surface area (Å²) in [5.74, 6) is 0. The minimum Gasteiger partial charge on any atom is -0.444 e. The molecule has 0 saturated heterocycles. The van der Waals surface area contributed by atoms with E-state index in [0.29, 0.717) is 17.5 Å². The highest BCUT2D eigenvalue weighted by Gasteiger charge is 2.07. The Kier molecular flexibility index (Phi) is 4.23. The second-order valence-electron chi connectivity index (χ2n) is 3.77. The third-order valence-electron chi connectivity index (χ3n) is 2.43. The number of aromatic nitrogens is 1. The second kappa shape index (κ2) is 6.30. The molecule has 0 aliphatic rings. The van der Waals surface area contributed by atoms with Crippen molar-refractivity contribution < 1.29 is 14.3 Å². The van der Waals surface area contributed by atoms with Crippen molar-refractivity contribution in [1.29, 1.82) is 0 Å². The van der Waals surface area contributed by atoms with E-state index >= 15 is 0 Å². The molecule has 0 aliphatic carbocycles. The van der Waals surface area contributed by atoms with Crippen molar-refractivity contribution in [2.45, 2.75) is 6.61 Å². The number of amides is 1. The van der Waals surface area contributed by atoms with Gasteiger partial charge in [-0.05, 0) is 11.6 Å². The van der Waals surface area contributed by atoms with Gasteiger partial charge in [-0.1, -0.05) is 30.3 Å². The van der Waals surface area contributed by atoms with Crippen LogP contribution in [0.25, 0.3) is 0 Å². The number of hydrogen-bond donors (Lipinski definition) is 1. The van der Waals surface area contributed by atoms with Gasteiger partial charge in [-0.15, -0.1) is 0 Å². The first-order valence-corrected chi connectivity index (χ1v) is 5.66. The molecule has 96 valence electrons. The Labute approximate surface area is 110 Å². The van der Waals surface area contributed by atoms with Gasteiger partial charge in [0.25, 0.3) is 0 Å². The molecular formula is C14H12N2O3. The molecule has 1 aromatic carbocycles. The summed E-state index contributed by atoms with van der Waals surface area (Å²) >= 11 is 0. The van der Waals surface area contributed by atoms with Crippen LogP contribution in [0.15, 0.2) is 48.8 Å². The van der Waals surface area contributed by atoms with Gasteiger partial charge in [0.2, 0.25) is 0 Å². The Morgan fingerprint density at radius 1 is 1.26 bits per heavy atom. The number of benzene rings is 1. The number of nitrogens with zero attached hydrogens (tertiary/aromatic N) is 1. The Balaban J connectivity index is 1.93. The van der Waals surface area contributed by atoms with E-state index in [1.165, 1.54) is 18.5 Å². The van der Waals surface area contributed by atoms with Crippen LogP contribution >= 0.6 is 0 Å². The number of carbonyl (C=O) groups is 2. The first kappa shape index (κ1) is 12.8. The lowest BCUT2D eigenvalue weighted by Crippen LogP contribution is -2.14. The maximum Gasteiger partial charge on any atom is 0.411 e. The second-order valence-corrected chi connectivity index (χ2v) is 3.77. The zero-order chi connectivity index (χ0) is 13.5. The third kappa shape index (κ3) is 3.64. The molecule has 0 saturated carbocycles. The number of carbonyl (C=O) groups excluding carboxylic acids is 2. The van der Waals surface area contributed by atoms with Crippen molar-refractivity contribution in [2.75, 3.05) is 5.32 Å². The SMILES string of the molecule is O=Cc1cnccc1NC(=O)OCc1ccccc1. The fourth-order valence-corrected chi connectivity index (χ4v) is 1.48. The highest BCUT2D eigenvalue weighted by Crippen LogP contribution is 2.11. The minimum atomic E-state index is -0.613. The number of hydrogen-bond acceptors (Lipinski definition) is 4. The van der Waals surface area contributed by atoms with Gasteiger partial charge in [0.1, 0.15) is 6.61 Å². The van der Waals surface area contributed by atoms with Gasteiger partial charge in [0, 0.05) is 12.4 Å². The maximum atomic E-state index is 11.6. The van der Waals surface area contributed by atoms with E-state index in [2.05, 4.69) is 10.3 Å². The molecule has 0 atom stereocenters. The van der Waals surface area contributed by atoms with Gasteiger partial charge in [-0.25, -0.2) is 4.79 Å². The number of anilines is 1. The molecule has 1 aromatic heterocycles. The molecule has 5 heteroatoms. The average molecular weight is 256 g/mol. The molecule has 0 bridgehead atoms. The van der Waals surface area contributed by atoms with Gasteiger partial charge in [0.05, 0.1) is 11.3 Å². The Bertz CT molecular complexity index is 570.